The van der Waals surface area contributed by atoms with Crippen molar-refractivity contribution in [1.82, 2.24) is 5.32 Å². The van der Waals surface area contributed by atoms with E-state index in [-0.39, 0.29) is 0 Å². The molecule has 104 valence electrons. The van der Waals surface area contributed by atoms with Crippen molar-refractivity contribution < 1.29 is 5.11 Å². The van der Waals surface area contributed by atoms with Crippen LogP contribution in [0.4, 0.5) is 0 Å². The molecule has 0 fully saturated rings. The topological polar surface area (TPSA) is 32.3 Å². The minimum absolute atomic E-state index is 0.333. The Hall–Kier alpha value is -0.0800. The normalized spacial score (nSPS) is 14.8. The monoisotopic (exact) mass is 243 g/mol. The van der Waals surface area contributed by atoms with Gasteiger partial charge in [-0.3, -0.25) is 0 Å². The van der Waals surface area contributed by atoms with Gasteiger partial charge in [-0.1, -0.05) is 46.5 Å². The lowest BCUT2D eigenvalue weighted by molar-refractivity contribution is 0.246. The van der Waals surface area contributed by atoms with E-state index in [1.165, 1.54) is 38.5 Å². The summed E-state index contributed by atoms with van der Waals surface area (Å²) in [5.41, 5.74) is 0. The third-order valence-electron chi connectivity index (χ3n) is 3.64. The Morgan fingerprint density at radius 1 is 0.882 bits per heavy atom. The van der Waals surface area contributed by atoms with Gasteiger partial charge in [0.1, 0.15) is 0 Å². The van der Waals surface area contributed by atoms with Crippen LogP contribution in [0.3, 0.4) is 0 Å². The van der Waals surface area contributed by atoms with Crippen LogP contribution in [0, 0.1) is 11.8 Å². The fourth-order valence-electron chi connectivity index (χ4n) is 2.37. The highest BCUT2D eigenvalue weighted by atomic mass is 16.3. The van der Waals surface area contributed by atoms with Crippen molar-refractivity contribution in [2.45, 2.75) is 65.7 Å². The molecule has 2 atom stereocenters. The summed E-state index contributed by atoms with van der Waals surface area (Å²) in [4.78, 5) is 0. The van der Waals surface area contributed by atoms with E-state index in [1.807, 2.05) is 0 Å². The van der Waals surface area contributed by atoms with Crippen LogP contribution >= 0.6 is 0 Å². The Morgan fingerprint density at radius 3 is 2.12 bits per heavy atom. The van der Waals surface area contributed by atoms with E-state index in [0.29, 0.717) is 12.5 Å². The molecule has 2 heteroatoms. The quantitative estimate of drug-likeness (QED) is 0.549. The molecule has 0 aromatic rings. The number of hydrogen-bond donors (Lipinski definition) is 2. The highest BCUT2D eigenvalue weighted by molar-refractivity contribution is 4.65. The van der Waals surface area contributed by atoms with Crippen molar-refractivity contribution in [1.29, 1.82) is 0 Å². The maximum absolute atomic E-state index is 9.01. The SMILES string of the molecule is CCCCC(CC)CNCC(CCC)CCO. The molecule has 0 saturated heterocycles. The van der Waals surface area contributed by atoms with Crippen molar-refractivity contribution in [3.05, 3.63) is 0 Å². The summed E-state index contributed by atoms with van der Waals surface area (Å²) in [5.74, 6) is 1.50. The lowest BCUT2D eigenvalue weighted by atomic mass is 9.97. The lowest BCUT2D eigenvalue weighted by Gasteiger charge is -2.19. The smallest absolute Gasteiger partial charge is 0.0434 e. The average Bonchev–Trinajstić information content (AvgIpc) is 2.34. The fourth-order valence-corrected chi connectivity index (χ4v) is 2.37. The van der Waals surface area contributed by atoms with Gasteiger partial charge in [0, 0.05) is 6.61 Å². The number of aliphatic hydroxyl groups excluding tert-OH is 1. The van der Waals surface area contributed by atoms with Gasteiger partial charge in [0.15, 0.2) is 0 Å². The number of unbranched alkanes of at least 4 members (excludes halogenated alkanes) is 1. The molecule has 0 spiro atoms. The molecule has 17 heavy (non-hydrogen) atoms. The zero-order valence-electron chi connectivity index (χ0n) is 12.2. The second-order valence-electron chi connectivity index (χ2n) is 5.24. The lowest BCUT2D eigenvalue weighted by Crippen LogP contribution is -2.28. The Bertz CT molecular complexity index is 144. The highest BCUT2D eigenvalue weighted by Gasteiger charge is 2.09. The van der Waals surface area contributed by atoms with Crippen LogP contribution in [0.15, 0.2) is 0 Å². The molecule has 0 aromatic heterocycles. The molecule has 0 amide bonds. The highest BCUT2D eigenvalue weighted by Crippen LogP contribution is 2.13. The van der Waals surface area contributed by atoms with Gasteiger partial charge in [0.2, 0.25) is 0 Å². The van der Waals surface area contributed by atoms with E-state index in [4.69, 9.17) is 5.11 Å². The average molecular weight is 243 g/mol. The maximum atomic E-state index is 9.01. The van der Waals surface area contributed by atoms with Crippen LogP contribution in [0.25, 0.3) is 0 Å². The van der Waals surface area contributed by atoms with Gasteiger partial charge in [-0.25, -0.2) is 0 Å². The third-order valence-corrected chi connectivity index (χ3v) is 3.64. The Kier molecular flexibility index (Phi) is 12.3. The molecule has 2 N–H and O–H groups in total. The summed E-state index contributed by atoms with van der Waals surface area (Å²) in [6.07, 6.45) is 8.71. The van der Waals surface area contributed by atoms with E-state index < -0.39 is 0 Å². The molecule has 2 unspecified atom stereocenters. The third kappa shape index (κ3) is 9.61. The first kappa shape index (κ1) is 16.9. The largest absolute Gasteiger partial charge is 0.396 e. The standard InChI is InChI=1S/C15H33NO/c1-4-7-9-14(6-3)12-16-13-15(8-5-2)10-11-17/h14-17H,4-13H2,1-3H3. The van der Waals surface area contributed by atoms with E-state index in [9.17, 15) is 0 Å². The first-order chi connectivity index (χ1) is 8.28. The Balaban J connectivity index is 3.67. The second-order valence-corrected chi connectivity index (χ2v) is 5.24. The van der Waals surface area contributed by atoms with Crippen LogP contribution in [0.2, 0.25) is 0 Å². The van der Waals surface area contributed by atoms with Crippen molar-refractivity contribution in [2.75, 3.05) is 19.7 Å². The molecular weight excluding hydrogens is 210 g/mol. The van der Waals surface area contributed by atoms with Crippen LogP contribution in [0.1, 0.15) is 65.7 Å². The number of rotatable bonds is 12. The summed E-state index contributed by atoms with van der Waals surface area (Å²) in [6.45, 7) is 9.34. The van der Waals surface area contributed by atoms with E-state index in [2.05, 4.69) is 26.1 Å². The molecule has 0 saturated carbocycles. The molecule has 0 aliphatic rings. The molecule has 0 bridgehead atoms. The fraction of sp³-hybridized carbons (Fsp3) is 1.00. The van der Waals surface area contributed by atoms with Gasteiger partial charge in [0.05, 0.1) is 0 Å². The van der Waals surface area contributed by atoms with Crippen LogP contribution in [-0.2, 0) is 0 Å². The van der Waals surface area contributed by atoms with Crippen molar-refractivity contribution in [3.63, 3.8) is 0 Å². The number of hydrogen-bond acceptors (Lipinski definition) is 2. The predicted octanol–water partition coefficient (Wildman–Crippen LogP) is 3.59. The summed E-state index contributed by atoms with van der Waals surface area (Å²) in [7, 11) is 0. The van der Waals surface area contributed by atoms with Crippen molar-refractivity contribution in [2.24, 2.45) is 11.8 Å². The van der Waals surface area contributed by atoms with Crippen LogP contribution in [0.5, 0.6) is 0 Å². The van der Waals surface area contributed by atoms with Gasteiger partial charge in [-0.05, 0) is 44.2 Å². The first-order valence-corrected chi connectivity index (χ1v) is 7.59. The molecule has 0 heterocycles. The zero-order chi connectivity index (χ0) is 12.9. The summed E-state index contributed by atoms with van der Waals surface area (Å²) in [5, 5.41) is 12.6. The molecule has 0 radical (unpaired) electrons. The van der Waals surface area contributed by atoms with E-state index in [0.717, 1.165) is 25.4 Å². The molecule has 0 rings (SSSR count). The van der Waals surface area contributed by atoms with Crippen molar-refractivity contribution >= 4 is 0 Å². The summed E-state index contributed by atoms with van der Waals surface area (Å²) < 4.78 is 0. The van der Waals surface area contributed by atoms with Gasteiger partial charge < -0.3 is 10.4 Å². The van der Waals surface area contributed by atoms with Gasteiger partial charge in [-0.15, -0.1) is 0 Å². The maximum Gasteiger partial charge on any atom is 0.0434 e. The number of nitrogens with one attached hydrogen (secondary N) is 1. The minimum Gasteiger partial charge on any atom is -0.396 e. The van der Waals surface area contributed by atoms with Gasteiger partial charge in [-0.2, -0.15) is 0 Å². The van der Waals surface area contributed by atoms with Gasteiger partial charge >= 0.3 is 0 Å². The molecule has 2 nitrogen and oxygen atoms in total. The summed E-state index contributed by atoms with van der Waals surface area (Å²) in [6, 6.07) is 0. The molecule has 0 aliphatic carbocycles. The molecular formula is C15H33NO. The Morgan fingerprint density at radius 2 is 1.59 bits per heavy atom. The van der Waals surface area contributed by atoms with E-state index >= 15 is 0 Å². The van der Waals surface area contributed by atoms with E-state index in [1.54, 1.807) is 0 Å². The second kappa shape index (κ2) is 12.4. The predicted molar refractivity (Wildman–Crippen MR) is 76.3 cm³/mol. The number of aliphatic hydroxyl groups is 1. The van der Waals surface area contributed by atoms with Gasteiger partial charge in [0.25, 0.3) is 0 Å². The van der Waals surface area contributed by atoms with Crippen LogP contribution in [-0.4, -0.2) is 24.8 Å². The zero-order valence-corrected chi connectivity index (χ0v) is 12.2. The summed E-state index contributed by atoms with van der Waals surface area (Å²) >= 11 is 0. The Labute approximate surface area is 108 Å². The minimum atomic E-state index is 0.333. The van der Waals surface area contributed by atoms with Crippen molar-refractivity contribution in [3.8, 4) is 0 Å². The molecule has 0 aliphatic heterocycles. The van der Waals surface area contributed by atoms with Crippen LogP contribution < -0.4 is 5.32 Å². The molecule has 0 aromatic carbocycles. The first-order valence-electron chi connectivity index (χ1n) is 7.59.